The van der Waals surface area contributed by atoms with Crippen LogP contribution in [0.25, 0.3) is 0 Å². The van der Waals surface area contributed by atoms with Crippen LogP contribution in [0.3, 0.4) is 0 Å². The average molecular weight is 229 g/mol. The van der Waals surface area contributed by atoms with Gasteiger partial charge in [0.05, 0.1) is 0 Å². The van der Waals surface area contributed by atoms with E-state index in [0.29, 0.717) is 6.04 Å². The first kappa shape index (κ1) is 12.5. The van der Waals surface area contributed by atoms with E-state index >= 15 is 0 Å². The molecular formula is C9H19N5S. The Kier molecular flexibility index (Phi) is 5.07. The first-order valence-electron chi connectivity index (χ1n) is 5.02. The molecular weight excluding hydrogens is 210 g/mol. The van der Waals surface area contributed by atoms with Crippen LogP contribution >= 0.6 is 11.8 Å². The van der Waals surface area contributed by atoms with Gasteiger partial charge in [0.15, 0.2) is 0 Å². The average Bonchev–Trinajstić information content (AvgIpc) is 2.65. The quantitative estimate of drug-likeness (QED) is 0.552. The molecule has 1 atom stereocenters. The molecule has 0 saturated heterocycles. The highest BCUT2D eigenvalue weighted by atomic mass is 32.2. The van der Waals surface area contributed by atoms with Crippen molar-refractivity contribution in [3.05, 3.63) is 12.2 Å². The molecule has 0 spiro atoms. The molecule has 1 aromatic heterocycles. The first-order chi connectivity index (χ1) is 7.19. The number of nitrogens with two attached hydrogens (primary N) is 1. The Labute approximate surface area is 94.8 Å². The SMILES string of the molecule is CSCC(Cc1ncnn1C(C)C)NN. The van der Waals surface area contributed by atoms with Crippen molar-refractivity contribution in [2.45, 2.75) is 32.4 Å². The maximum Gasteiger partial charge on any atom is 0.138 e. The van der Waals surface area contributed by atoms with Gasteiger partial charge < -0.3 is 0 Å². The summed E-state index contributed by atoms with van der Waals surface area (Å²) in [5, 5.41) is 4.19. The summed E-state index contributed by atoms with van der Waals surface area (Å²) >= 11 is 1.77. The second-order valence-corrected chi connectivity index (χ2v) is 4.65. The topological polar surface area (TPSA) is 68.8 Å². The summed E-state index contributed by atoms with van der Waals surface area (Å²) in [6, 6.07) is 0.594. The van der Waals surface area contributed by atoms with Crippen LogP contribution in [-0.2, 0) is 6.42 Å². The molecule has 0 aliphatic heterocycles. The zero-order valence-electron chi connectivity index (χ0n) is 9.47. The van der Waals surface area contributed by atoms with E-state index in [2.05, 4.69) is 35.6 Å². The van der Waals surface area contributed by atoms with E-state index in [9.17, 15) is 0 Å². The minimum absolute atomic E-state index is 0.252. The van der Waals surface area contributed by atoms with Crippen molar-refractivity contribution < 1.29 is 0 Å². The van der Waals surface area contributed by atoms with Gasteiger partial charge >= 0.3 is 0 Å². The number of rotatable bonds is 6. The van der Waals surface area contributed by atoms with Crippen LogP contribution in [0, 0.1) is 0 Å². The largest absolute Gasteiger partial charge is 0.271 e. The zero-order valence-corrected chi connectivity index (χ0v) is 10.3. The molecule has 0 radical (unpaired) electrons. The third kappa shape index (κ3) is 3.48. The molecule has 1 aromatic rings. The smallest absolute Gasteiger partial charge is 0.138 e. The number of nitrogens with one attached hydrogen (secondary N) is 1. The summed E-state index contributed by atoms with van der Waals surface area (Å²) in [5.41, 5.74) is 2.81. The highest BCUT2D eigenvalue weighted by molar-refractivity contribution is 7.98. The molecule has 86 valence electrons. The van der Waals surface area contributed by atoms with Gasteiger partial charge in [0.2, 0.25) is 0 Å². The van der Waals surface area contributed by atoms with Crippen LogP contribution in [0.5, 0.6) is 0 Å². The van der Waals surface area contributed by atoms with Crippen molar-refractivity contribution in [2.75, 3.05) is 12.0 Å². The van der Waals surface area contributed by atoms with Crippen molar-refractivity contribution in [3.63, 3.8) is 0 Å². The van der Waals surface area contributed by atoms with Gasteiger partial charge in [-0.2, -0.15) is 16.9 Å². The van der Waals surface area contributed by atoms with E-state index in [1.165, 1.54) is 0 Å². The number of aromatic nitrogens is 3. The fourth-order valence-corrected chi connectivity index (χ4v) is 2.06. The van der Waals surface area contributed by atoms with E-state index in [1.54, 1.807) is 18.1 Å². The minimum atomic E-state index is 0.252. The number of hydrogen-bond donors (Lipinski definition) is 2. The molecule has 0 fully saturated rings. The fourth-order valence-electron chi connectivity index (χ4n) is 1.44. The van der Waals surface area contributed by atoms with Crippen LogP contribution < -0.4 is 11.3 Å². The lowest BCUT2D eigenvalue weighted by Gasteiger charge is -2.15. The monoisotopic (exact) mass is 229 g/mol. The third-order valence-electron chi connectivity index (χ3n) is 2.17. The van der Waals surface area contributed by atoms with E-state index in [4.69, 9.17) is 5.84 Å². The van der Waals surface area contributed by atoms with Crippen molar-refractivity contribution in [3.8, 4) is 0 Å². The fraction of sp³-hybridized carbons (Fsp3) is 0.778. The molecule has 0 amide bonds. The first-order valence-corrected chi connectivity index (χ1v) is 6.41. The summed E-state index contributed by atoms with van der Waals surface area (Å²) in [7, 11) is 0. The second-order valence-electron chi connectivity index (χ2n) is 3.74. The van der Waals surface area contributed by atoms with Gasteiger partial charge in [-0.1, -0.05) is 0 Å². The highest BCUT2D eigenvalue weighted by Gasteiger charge is 2.13. The van der Waals surface area contributed by atoms with E-state index in [1.807, 2.05) is 4.68 Å². The lowest BCUT2D eigenvalue weighted by Crippen LogP contribution is -2.39. The minimum Gasteiger partial charge on any atom is -0.271 e. The summed E-state index contributed by atoms with van der Waals surface area (Å²) in [5.74, 6) is 7.44. The van der Waals surface area contributed by atoms with E-state index in [0.717, 1.165) is 18.0 Å². The molecule has 5 nitrogen and oxygen atoms in total. The predicted molar refractivity (Wildman–Crippen MR) is 63.6 cm³/mol. The van der Waals surface area contributed by atoms with Crippen molar-refractivity contribution in [1.29, 1.82) is 0 Å². The molecule has 15 heavy (non-hydrogen) atoms. The molecule has 1 heterocycles. The molecule has 0 aliphatic carbocycles. The second kappa shape index (κ2) is 6.09. The van der Waals surface area contributed by atoms with E-state index in [-0.39, 0.29) is 6.04 Å². The normalized spacial score (nSPS) is 13.4. The number of thioether (sulfide) groups is 1. The van der Waals surface area contributed by atoms with Crippen molar-refractivity contribution in [1.82, 2.24) is 20.2 Å². The predicted octanol–water partition coefficient (Wildman–Crippen LogP) is 0.596. The van der Waals surface area contributed by atoms with Gasteiger partial charge in [-0.25, -0.2) is 9.67 Å². The summed E-state index contributed by atoms with van der Waals surface area (Å²) in [4.78, 5) is 4.25. The molecule has 6 heteroatoms. The Morgan fingerprint density at radius 3 is 2.87 bits per heavy atom. The Balaban J connectivity index is 2.65. The molecule has 3 N–H and O–H groups in total. The maximum absolute atomic E-state index is 5.48. The van der Waals surface area contributed by atoms with Crippen LogP contribution in [0.15, 0.2) is 6.33 Å². The molecule has 0 aliphatic rings. The van der Waals surface area contributed by atoms with Crippen LogP contribution in [-0.4, -0.2) is 32.8 Å². The van der Waals surface area contributed by atoms with Crippen LogP contribution in [0.4, 0.5) is 0 Å². The number of nitrogens with zero attached hydrogens (tertiary/aromatic N) is 3. The Bertz CT molecular complexity index is 286. The van der Waals surface area contributed by atoms with Gasteiger partial charge in [-0.3, -0.25) is 11.3 Å². The number of hydrazine groups is 1. The Morgan fingerprint density at radius 1 is 1.60 bits per heavy atom. The zero-order chi connectivity index (χ0) is 11.3. The highest BCUT2D eigenvalue weighted by Crippen LogP contribution is 2.09. The van der Waals surface area contributed by atoms with Gasteiger partial charge in [0, 0.05) is 24.3 Å². The van der Waals surface area contributed by atoms with Crippen LogP contribution in [0.1, 0.15) is 25.7 Å². The summed E-state index contributed by atoms with van der Waals surface area (Å²) in [6.07, 6.45) is 4.48. The molecule has 0 saturated carbocycles. The Morgan fingerprint density at radius 2 is 2.33 bits per heavy atom. The van der Waals surface area contributed by atoms with Gasteiger partial charge in [0.1, 0.15) is 12.2 Å². The molecule has 0 bridgehead atoms. The summed E-state index contributed by atoms with van der Waals surface area (Å²) < 4.78 is 1.94. The molecule has 1 rings (SSSR count). The Hall–Kier alpha value is -0.590. The summed E-state index contributed by atoms with van der Waals surface area (Å²) in [6.45, 7) is 4.19. The lowest BCUT2D eigenvalue weighted by molar-refractivity contribution is 0.477. The van der Waals surface area contributed by atoms with Crippen molar-refractivity contribution in [2.24, 2.45) is 5.84 Å². The van der Waals surface area contributed by atoms with Gasteiger partial charge in [0.25, 0.3) is 0 Å². The standard InChI is InChI=1S/C9H19N5S/c1-7(2)14-9(11-6-12-14)4-8(13-10)5-15-3/h6-8,13H,4-5,10H2,1-3H3. The van der Waals surface area contributed by atoms with Gasteiger partial charge in [-0.15, -0.1) is 0 Å². The third-order valence-corrected chi connectivity index (χ3v) is 2.90. The van der Waals surface area contributed by atoms with Gasteiger partial charge in [-0.05, 0) is 20.1 Å². The number of hydrogen-bond acceptors (Lipinski definition) is 5. The molecule has 0 aromatic carbocycles. The molecule has 1 unspecified atom stereocenters. The lowest BCUT2D eigenvalue weighted by atomic mass is 10.2. The van der Waals surface area contributed by atoms with Crippen molar-refractivity contribution >= 4 is 11.8 Å². The maximum atomic E-state index is 5.48. The van der Waals surface area contributed by atoms with E-state index < -0.39 is 0 Å². The van der Waals surface area contributed by atoms with Crippen LogP contribution in [0.2, 0.25) is 0 Å².